The van der Waals surface area contributed by atoms with Crippen molar-refractivity contribution < 1.29 is 4.79 Å². The quantitative estimate of drug-likeness (QED) is 0.644. The van der Waals surface area contributed by atoms with Crippen LogP contribution in [0, 0.1) is 0 Å². The van der Waals surface area contributed by atoms with Gasteiger partial charge in [0.15, 0.2) is 11.0 Å². The van der Waals surface area contributed by atoms with E-state index in [-0.39, 0.29) is 5.78 Å². The van der Waals surface area contributed by atoms with Crippen molar-refractivity contribution in [3.8, 4) is 11.4 Å². The Balaban J connectivity index is 2.02. The van der Waals surface area contributed by atoms with Crippen LogP contribution in [0.15, 0.2) is 23.4 Å². The van der Waals surface area contributed by atoms with Gasteiger partial charge in [0, 0.05) is 16.6 Å². The molecule has 0 saturated heterocycles. The van der Waals surface area contributed by atoms with Crippen LogP contribution in [0.5, 0.6) is 0 Å². The molecule has 1 fully saturated rings. The van der Waals surface area contributed by atoms with Crippen molar-refractivity contribution >= 4 is 40.7 Å². The summed E-state index contributed by atoms with van der Waals surface area (Å²) in [7, 11) is 0. The maximum Gasteiger partial charge on any atom is 0.192 e. The third kappa shape index (κ3) is 3.95. The number of ketones is 1. The molecule has 3 rings (SSSR count). The van der Waals surface area contributed by atoms with Gasteiger partial charge in [-0.1, -0.05) is 54.2 Å². The number of aromatic nitrogens is 3. The Morgan fingerprint density at radius 3 is 2.67 bits per heavy atom. The number of carbonyl (C=O) groups excluding carboxylic acids is 1. The van der Waals surface area contributed by atoms with Crippen molar-refractivity contribution in [3.05, 3.63) is 28.2 Å². The van der Waals surface area contributed by atoms with Gasteiger partial charge in [-0.15, -0.1) is 10.2 Å². The summed E-state index contributed by atoms with van der Waals surface area (Å²) in [4.78, 5) is 11.4. The fourth-order valence-electron chi connectivity index (χ4n) is 3.06. The molecule has 0 spiro atoms. The summed E-state index contributed by atoms with van der Waals surface area (Å²) < 4.78 is 2.17. The first kappa shape index (κ1) is 17.8. The monoisotopic (exact) mass is 383 g/mol. The molecule has 1 saturated carbocycles. The van der Waals surface area contributed by atoms with Crippen molar-refractivity contribution in [3.63, 3.8) is 0 Å². The van der Waals surface area contributed by atoms with Crippen LogP contribution in [0.25, 0.3) is 11.4 Å². The van der Waals surface area contributed by atoms with E-state index in [4.69, 9.17) is 23.2 Å². The fraction of sp³-hybridized carbons (Fsp3) is 0.471. The highest BCUT2D eigenvalue weighted by Crippen LogP contribution is 2.37. The summed E-state index contributed by atoms with van der Waals surface area (Å²) in [6, 6.07) is 5.77. The van der Waals surface area contributed by atoms with Crippen LogP contribution in [-0.2, 0) is 4.79 Å². The Hall–Kier alpha value is -1.04. The molecule has 0 unspecified atom stereocenters. The molecule has 1 heterocycles. The highest BCUT2D eigenvalue weighted by molar-refractivity contribution is 7.99. The fourth-order valence-corrected chi connectivity index (χ4v) is 4.36. The van der Waals surface area contributed by atoms with Crippen molar-refractivity contribution in [1.82, 2.24) is 14.8 Å². The first-order valence-electron chi connectivity index (χ1n) is 8.09. The molecule has 0 radical (unpaired) electrons. The van der Waals surface area contributed by atoms with Gasteiger partial charge in [-0.3, -0.25) is 9.36 Å². The van der Waals surface area contributed by atoms with Crippen molar-refractivity contribution in [1.29, 1.82) is 0 Å². The van der Waals surface area contributed by atoms with Crippen molar-refractivity contribution in [2.75, 3.05) is 5.75 Å². The summed E-state index contributed by atoms with van der Waals surface area (Å²) in [5.74, 6) is 1.29. The minimum atomic E-state index is 0.129. The molecule has 24 heavy (non-hydrogen) atoms. The lowest BCUT2D eigenvalue weighted by molar-refractivity contribution is -0.114. The normalized spacial score (nSPS) is 15.6. The summed E-state index contributed by atoms with van der Waals surface area (Å²) >= 11 is 13.8. The van der Waals surface area contributed by atoms with E-state index in [2.05, 4.69) is 14.8 Å². The van der Waals surface area contributed by atoms with Crippen LogP contribution in [0.1, 0.15) is 45.1 Å². The van der Waals surface area contributed by atoms with E-state index >= 15 is 0 Å². The zero-order valence-electron chi connectivity index (χ0n) is 13.5. The van der Waals surface area contributed by atoms with Crippen LogP contribution in [-0.4, -0.2) is 26.3 Å². The SMILES string of the molecule is CC(=O)CSc1nnc(-c2ccc(Cl)cc2Cl)n1C1CCCCC1. The van der Waals surface area contributed by atoms with Crippen LogP contribution >= 0.6 is 35.0 Å². The van der Waals surface area contributed by atoms with Gasteiger partial charge in [-0.25, -0.2) is 0 Å². The van der Waals surface area contributed by atoms with Crippen LogP contribution in [0.3, 0.4) is 0 Å². The van der Waals surface area contributed by atoms with Gasteiger partial charge in [-0.05, 0) is 38.0 Å². The van der Waals surface area contributed by atoms with Gasteiger partial charge in [0.05, 0.1) is 10.8 Å². The van der Waals surface area contributed by atoms with Gasteiger partial charge < -0.3 is 0 Å². The molecule has 1 aromatic heterocycles. The average Bonchev–Trinajstić information content (AvgIpc) is 2.97. The van der Waals surface area contributed by atoms with Gasteiger partial charge in [-0.2, -0.15) is 0 Å². The smallest absolute Gasteiger partial charge is 0.192 e. The molecular formula is C17H19Cl2N3OS. The molecule has 0 N–H and O–H groups in total. The maximum atomic E-state index is 11.4. The van der Waals surface area contributed by atoms with Crippen molar-refractivity contribution in [2.45, 2.75) is 50.2 Å². The predicted molar refractivity (Wildman–Crippen MR) is 99.0 cm³/mol. The average molecular weight is 384 g/mol. The molecule has 0 amide bonds. The second-order valence-electron chi connectivity index (χ2n) is 6.08. The molecule has 1 aliphatic carbocycles. The molecule has 1 aromatic carbocycles. The summed E-state index contributed by atoms with van der Waals surface area (Å²) in [6.07, 6.45) is 5.88. The molecule has 2 aromatic rings. The number of hydrogen-bond donors (Lipinski definition) is 0. The standard InChI is InChI=1S/C17H19Cl2N3OS/c1-11(23)10-24-17-21-20-16(14-8-7-12(18)9-15(14)19)22(17)13-5-3-2-4-6-13/h7-9,13H,2-6,10H2,1H3. The first-order chi connectivity index (χ1) is 11.6. The van der Waals surface area contributed by atoms with E-state index in [1.807, 2.05) is 12.1 Å². The lowest BCUT2D eigenvalue weighted by atomic mass is 9.95. The van der Waals surface area contributed by atoms with Crippen LogP contribution in [0.2, 0.25) is 10.0 Å². The highest BCUT2D eigenvalue weighted by Gasteiger charge is 2.25. The second kappa shape index (κ2) is 7.89. The third-order valence-electron chi connectivity index (χ3n) is 4.18. The third-order valence-corrected chi connectivity index (χ3v) is 5.82. The Morgan fingerprint density at radius 2 is 2.00 bits per heavy atom. The zero-order chi connectivity index (χ0) is 17.1. The molecule has 0 atom stereocenters. The Bertz CT molecular complexity index is 741. The van der Waals surface area contributed by atoms with E-state index in [9.17, 15) is 4.79 Å². The molecule has 0 aliphatic heterocycles. The molecule has 1 aliphatic rings. The van der Waals surface area contributed by atoms with Gasteiger partial charge in [0.1, 0.15) is 5.78 Å². The van der Waals surface area contributed by atoms with E-state index in [1.165, 1.54) is 31.0 Å². The minimum Gasteiger partial charge on any atom is -0.299 e. The molecule has 7 heteroatoms. The van der Waals surface area contributed by atoms with Gasteiger partial charge in [0.25, 0.3) is 0 Å². The number of halogens is 2. The number of thioether (sulfide) groups is 1. The maximum absolute atomic E-state index is 11.4. The largest absolute Gasteiger partial charge is 0.299 e. The van der Waals surface area contributed by atoms with E-state index in [0.717, 1.165) is 29.4 Å². The van der Waals surface area contributed by atoms with E-state index in [1.54, 1.807) is 13.0 Å². The lowest BCUT2D eigenvalue weighted by Gasteiger charge is -2.25. The zero-order valence-corrected chi connectivity index (χ0v) is 15.8. The number of carbonyl (C=O) groups is 1. The van der Waals surface area contributed by atoms with Crippen LogP contribution < -0.4 is 0 Å². The number of rotatable bonds is 5. The predicted octanol–water partition coefficient (Wildman–Crippen LogP) is 5.44. The Morgan fingerprint density at radius 1 is 1.25 bits per heavy atom. The molecule has 128 valence electrons. The summed E-state index contributed by atoms with van der Waals surface area (Å²) in [5, 5.41) is 10.7. The molecule has 4 nitrogen and oxygen atoms in total. The number of nitrogens with zero attached hydrogens (tertiary/aromatic N) is 3. The number of Topliss-reactive ketones (excluding diaryl/α,β-unsaturated/α-hetero) is 1. The van der Waals surface area contributed by atoms with Gasteiger partial charge >= 0.3 is 0 Å². The first-order valence-corrected chi connectivity index (χ1v) is 9.83. The minimum absolute atomic E-state index is 0.129. The number of hydrogen-bond acceptors (Lipinski definition) is 4. The second-order valence-corrected chi connectivity index (χ2v) is 7.87. The van der Waals surface area contributed by atoms with Crippen molar-refractivity contribution in [2.24, 2.45) is 0 Å². The lowest BCUT2D eigenvalue weighted by Crippen LogP contribution is -2.15. The topological polar surface area (TPSA) is 47.8 Å². The summed E-state index contributed by atoms with van der Waals surface area (Å²) in [6.45, 7) is 1.59. The van der Waals surface area contributed by atoms with E-state index in [0.29, 0.717) is 21.8 Å². The number of benzene rings is 1. The highest BCUT2D eigenvalue weighted by atomic mass is 35.5. The summed E-state index contributed by atoms with van der Waals surface area (Å²) in [5.41, 5.74) is 0.828. The van der Waals surface area contributed by atoms with Crippen LogP contribution in [0.4, 0.5) is 0 Å². The van der Waals surface area contributed by atoms with Gasteiger partial charge in [0.2, 0.25) is 0 Å². The molecule has 0 bridgehead atoms. The van der Waals surface area contributed by atoms with E-state index < -0.39 is 0 Å². The molecular weight excluding hydrogens is 365 g/mol. The Kier molecular flexibility index (Phi) is 5.85. The Labute approximate surface area is 155 Å².